The second-order valence-electron chi connectivity index (χ2n) is 6.34. The fourth-order valence-corrected chi connectivity index (χ4v) is 2.90. The molecule has 1 aliphatic rings. The molecule has 1 aliphatic heterocycles. The van der Waals surface area contributed by atoms with Crippen LogP contribution in [0.3, 0.4) is 0 Å². The third-order valence-electron chi connectivity index (χ3n) is 4.35. The number of amides is 1. The van der Waals surface area contributed by atoms with Gasteiger partial charge in [0.2, 0.25) is 5.91 Å². The lowest BCUT2D eigenvalue weighted by molar-refractivity contribution is -0.146. The van der Waals surface area contributed by atoms with Gasteiger partial charge in [-0.25, -0.2) is 0 Å². The van der Waals surface area contributed by atoms with Crippen LogP contribution in [0.25, 0.3) is 5.65 Å². The largest absolute Gasteiger partial charge is 0.453 e. The van der Waals surface area contributed by atoms with Crippen molar-refractivity contribution in [1.29, 1.82) is 0 Å². The SMILES string of the molecule is C[C@@H](CO)NC(=O)C1CCN(c2ccc3nnc(C(F)(F)F)n3n2)CC1. The minimum atomic E-state index is -4.64. The van der Waals surface area contributed by atoms with Crippen molar-refractivity contribution in [2.45, 2.75) is 32.0 Å². The normalized spacial score (nSPS) is 17.5. The van der Waals surface area contributed by atoms with Crippen LogP contribution in [0.15, 0.2) is 12.1 Å². The van der Waals surface area contributed by atoms with Gasteiger partial charge in [-0.1, -0.05) is 0 Å². The number of nitrogens with zero attached hydrogens (tertiary/aromatic N) is 5. The van der Waals surface area contributed by atoms with Crippen LogP contribution >= 0.6 is 0 Å². The average Bonchev–Trinajstić information content (AvgIpc) is 3.05. The number of hydrogen-bond donors (Lipinski definition) is 2. The standard InChI is InChI=1S/C15H19F3N6O2/c1-9(8-25)19-13(26)10-4-6-23(7-5-10)12-3-2-11-20-21-14(15(16,17)18)24(11)22-12/h2-3,9-10,25H,4-8H2,1H3,(H,19,26)/t9-/m0/s1. The highest BCUT2D eigenvalue weighted by atomic mass is 19.4. The summed E-state index contributed by atoms with van der Waals surface area (Å²) in [6.07, 6.45) is -3.53. The van der Waals surface area contributed by atoms with Gasteiger partial charge in [-0.15, -0.1) is 15.3 Å². The van der Waals surface area contributed by atoms with Crippen molar-refractivity contribution in [2.24, 2.45) is 5.92 Å². The first-order valence-electron chi connectivity index (χ1n) is 8.25. The maximum Gasteiger partial charge on any atom is 0.453 e. The van der Waals surface area contributed by atoms with Crippen molar-refractivity contribution >= 4 is 17.4 Å². The Kier molecular flexibility index (Phi) is 4.99. The maximum atomic E-state index is 13.0. The van der Waals surface area contributed by atoms with E-state index in [-0.39, 0.29) is 30.1 Å². The highest BCUT2D eigenvalue weighted by Crippen LogP contribution is 2.28. The molecule has 0 aliphatic carbocycles. The summed E-state index contributed by atoms with van der Waals surface area (Å²) >= 11 is 0. The van der Waals surface area contributed by atoms with Gasteiger partial charge in [-0.05, 0) is 31.9 Å². The van der Waals surface area contributed by atoms with Crippen LogP contribution in [-0.2, 0) is 11.0 Å². The number of piperidine rings is 1. The number of nitrogens with one attached hydrogen (secondary N) is 1. The molecule has 0 saturated carbocycles. The molecule has 0 spiro atoms. The average molecular weight is 372 g/mol. The molecule has 26 heavy (non-hydrogen) atoms. The van der Waals surface area contributed by atoms with Crippen LogP contribution in [-0.4, -0.2) is 56.6 Å². The van der Waals surface area contributed by atoms with Gasteiger partial charge < -0.3 is 15.3 Å². The molecule has 2 N–H and O–H groups in total. The lowest BCUT2D eigenvalue weighted by atomic mass is 9.95. The van der Waals surface area contributed by atoms with E-state index in [4.69, 9.17) is 5.11 Å². The quantitative estimate of drug-likeness (QED) is 0.827. The number of aliphatic hydroxyl groups excluding tert-OH is 1. The number of carbonyl (C=O) groups excluding carboxylic acids is 1. The van der Waals surface area contributed by atoms with Gasteiger partial charge >= 0.3 is 6.18 Å². The summed E-state index contributed by atoms with van der Waals surface area (Å²) in [7, 11) is 0. The first-order chi connectivity index (χ1) is 12.3. The van der Waals surface area contributed by atoms with Crippen LogP contribution in [0, 0.1) is 5.92 Å². The van der Waals surface area contributed by atoms with E-state index in [0.717, 1.165) is 0 Å². The molecule has 3 rings (SSSR count). The molecule has 0 unspecified atom stereocenters. The Balaban J connectivity index is 1.70. The molecule has 0 bridgehead atoms. The van der Waals surface area contributed by atoms with E-state index < -0.39 is 12.0 Å². The zero-order valence-corrected chi connectivity index (χ0v) is 14.1. The van der Waals surface area contributed by atoms with Gasteiger partial charge in [-0.3, -0.25) is 4.79 Å². The molecule has 1 saturated heterocycles. The molecular formula is C15H19F3N6O2. The highest BCUT2D eigenvalue weighted by molar-refractivity contribution is 5.79. The summed E-state index contributed by atoms with van der Waals surface area (Å²) in [5.74, 6) is -1.09. The summed E-state index contributed by atoms with van der Waals surface area (Å²) in [5, 5.41) is 22.4. The van der Waals surface area contributed by atoms with Crippen LogP contribution in [0.1, 0.15) is 25.6 Å². The van der Waals surface area contributed by atoms with Gasteiger partial charge in [0.1, 0.15) is 5.82 Å². The zero-order valence-electron chi connectivity index (χ0n) is 14.1. The third kappa shape index (κ3) is 3.71. The van der Waals surface area contributed by atoms with Crippen molar-refractivity contribution in [2.75, 3.05) is 24.6 Å². The number of anilines is 1. The van der Waals surface area contributed by atoms with Crippen LogP contribution in [0.5, 0.6) is 0 Å². The number of halogens is 3. The van der Waals surface area contributed by atoms with Gasteiger partial charge in [0.05, 0.1) is 6.61 Å². The van der Waals surface area contributed by atoms with Crippen molar-refractivity contribution in [1.82, 2.24) is 25.1 Å². The van der Waals surface area contributed by atoms with E-state index in [1.165, 1.54) is 6.07 Å². The zero-order chi connectivity index (χ0) is 18.9. The van der Waals surface area contributed by atoms with Crippen LogP contribution in [0.4, 0.5) is 19.0 Å². The number of aliphatic hydroxyl groups is 1. The van der Waals surface area contributed by atoms with Gasteiger partial charge in [-0.2, -0.15) is 17.7 Å². The predicted molar refractivity (Wildman–Crippen MR) is 85.4 cm³/mol. The van der Waals surface area contributed by atoms with E-state index in [1.54, 1.807) is 13.0 Å². The Morgan fingerprint density at radius 1 is 1.35 bits per heavy atom. The monoisotopic (exact) mass is 372 g/mol. The van der Waals surface area contributed by atoms with Gasteiger partial charge in [0.25, 0.3) is 5.82 Å². The molecule has 8 nitrogen and oxygen atoms in total. The Bertz CT molecular complexity index is 785. The van der Waals surface area contributed by atoms with E-state index in [2.05, 4.69) is 20.6 Å². The predicted octanol–water partition coefficient (Wildman–Crippen LogP) is 0.857. The van der Waals surface area contributed by atoms with Crippen molar-refractivity contribution in [3.05, 3.63) is 18.0 Å². The van der Waals surface area contributed by atoms with E-state index in [0.29, 0.717) is 36.3 Å². The topological polar surface area (TPSA) is 95.7 Å². The number of carbonyl (C=O) groups is 1. The Labute approximate surface area is 147 Å². The van der Waals surface area contributed by atoms with E-state index in [1.807, 2.05) is 4.90 Å². The summed E-state index contributed by atoms with van der Waals surface area (Å²) in [5.41, 5.74) is 0.0216. The summed E-state index contributed by atoms with van der Waals surface area (Å²) in [4.78, 5) is 13.9. The highest BCUT2D eigenvalue weighted by Gasteiger charge is 2.38. The summed E-state index contributed by atoms with van der Waals surface area (Å²) in [6, 6.07) is 2.73. The lowest BCUT2D eigenvalue weighted by Crippen LogP contribution is -2.44. The maximum absolute atomic E-state index is 13.0. The number of fused-ring (bicyclic) bond motifs is 1. The van der Waals surface area contributed by atoms with Crippen LogP contribution in [0.2, 0.25) is 0 Å². The molecule has 0 radical (unpaired) electrons. The second kappa shape index (κ2) is 7.06. The molecule has 3 heterocycles. The van der Waals surface area contributed by atoms with Gasteiger partial charge in [0.15, 0.2) is 5.65 Å². The Morgan fingerprint density at radius 2 is 2.04 bits per heavy atom. The number of rotatable bonds is 4. The van der Waals surface area contributed by atoms with Crippen molar-refractivity contribution in [3.8, 4) is 0 Å². The molecule has 1 atom stereocenters. The molecule has 11 heteroatoms. The smallest absolute Gasteiger partial charge is 0.394 e. The summed E-state index contributed by atoms with van der Waals surface area (Å²) in [6.45, 7) is 2.57. The minimum absolute atomic E-state index is 0.0216. The Morgan fingerprint density at radius 3 is 2.65 bits per heavy atom. The van der Waals surface area contributed by atoms with Crippen molar-refractivity contribution < 1.29 is 23.1 Å². The van der Waals surface area contributed by atoms with Crippen LogP contribution < -0.4 is 10.2 Å². The second-order valence-corrected chi connectivity index (χ2v) is 6.34. The fourth-order valence-electron chi connectivity index (χ4n) is 2.90. The minimum Gasteiger partial charge on any atom is -0.394 e. The molecule has 2 aromatic heterocycles. The number of aromatic nitrogens is 4. The molecule has 142 valence electrons. The van der Waals surface area contributed by atoms with E-state index >= 15 is 0 Å². The van der Waals surface area contributed by atoms with Gasteiger partial charge in [0, 0.05) is 25.0 Å². The Hall–Kier alpha value is -2.43. The first kappa shape index (κ1) is 18.4. The van der Waals surface area contributed by atoms with Crippen molar-refractivity contribution in [3.63, 3.8) is 0 Å². The lowest BCUT2D eigenvalue weighted by Gasteiger charge is -2.32. The fraction of sp³-hybridized carbons (Fsp3) is 0.600. The molecule has 2 aromatic rings. The number of alkyl halides is 3. The molecule has 1 amide bonds. The van der Waals surface area contributed by atoms with E-state index in [9.17, 15) is 18.0 Å². The molecule has 1 fully saturated rings. The summed E-state index contributed by atoms with van der Waals surface area (Å²) < 4.78 is 39.6. The number of hydrogen-bond acceptors (Lipinski definition) is 6. The third-order valence-corrected chi connectivity index (χ3v) is 4.35. The first-order valence-corrected chi connectivity index (χ1v) is 8.25. The molecular weight excluding hydrogens is 353 g/mol. The molecule has 0 aromatic carbocycles.